The number of likely N-dealkylation sites (N-methyl/N-ethyl adjacent to an activating group) is 1. The molecule has 1 unspecified atom stereocenters. The maximum Gasteiger partial charge on any atom is 0.0170 e. The van der Waals surface area contributed by atoms with Crippen LogP contribution in [0.3, 0.4) is 0 Å². The first-order valence-electron chi connectivity index (χ1n) is 5.61. The molecule has 2 nitrogen and oxygen atoms in total. The van der Waals surface area contributed by atoms with E-state index in [1.54, 1.807) is 0 Å². The molecule has 0 aliphatic rings. The van der Waals surface area contributed by atoms with Gasteiger partial charge in [-0.3, -0.25) is 0 Å². The summed E-state index contributed by atoms with van der Waals surface area (Å²) >= 11 is 0. The van der Waals surface area contributed by atoms with Crippen LogP contribution >= 0.6 is 0 Å². The smallest absolute Gasteiger partial charge is 0.0170 e. The van der Waals surface area contributed by atoms with Crippen LogP contribution in [-0.4, -0.2) is 31.1 Å². The van der Waals surface area contributed by atoms with Gasteiger partial charge in [0.2, 0.25) is 0 Å². The van der Waals surface area contributed by atoms with Gasteiger partial charge in [0.15, 0.2) is 0 Å². The van der Waals surface area contributed by atoms with Crippen LogP contribution in [0.5, 0.6) is 0 Å². The third-order valence-corrected chi connectivity index (χ3v) is 2.27. The van der Waals surface area contributed by atoms with E-state index in [9.17, 15) is 0 Å². The fraction of sp³-hybridized carbons (Fsp3) is 0.833. The van der Waals surface area contributed by atoms with Gasteiger partial charge in [-0.05, 0) is 38.8 Å². The van der Waals surface area contributed by atoms with Crippen molar-refractivity contribution in [3.63, 3.8) is 0 Å². The van der Waals surface area contributed by atoms with Crippen molar-refractivity contribution in [2.75, 3.05) is 20.1 Å². The molecule has 0 saturated heterocycles. The first kappa shape index (κ1) is 13.7. The predicted octanol–water partition coefficient (Wildman–Crippen LogP) is 2.26. The van der Waals surface area contributed by atoms with Crippen molar-refractivity contribution in [1.29, 1.82) is 0 Å². The van der Waals surface area contributed by atoms with Gasteiger partial charge in [-0.2, -0.15) is 0 Å². The molecule has 2 heteroatoms. The van der Waals surface area contributed by atoms with Crippen molar-refractivity contribution < 1.29 is 0 Å². The third kappa shape index (κ3) is 8.27. The number of rotatable bonds is 8. The summed E-state index contributed by atoms with van der Waals surface area (Å²) in [6.07, 6.45) is 5.38. The van der Waals surface area contributed by atoms with Gasteiger partial charge in [0, 0.05) is 12.6 Å². The summed E-state index contributed by atoms with van der Waals surface area (Å²) in [7, 11) is 2.14. The minimum absolute atomic E-state index is 0.323. The zero-order chi connectivity index (χ0) is 11.0. The van der Waals surface area contributed by atoms with E-state index >= 15 is 0 Å². The lowest BCUT2D eigenvalue weighted by Crippen LogP contribution is -2.36. The van der Waals surface area contributed by atoms with Gasteiger partial charge in [0.05, 0.1) is 0 Å². The topological polar surface area (TPSA) is 29.3 Å². The fourth-order valence-electron chi connectivity index (χ4n) is 1.68. The summed E-state index contributed by atoms with van der Waals surface area (Å²) in [5.41, 5.74) is 6.02. The third-order valence-electron chi connectivity index (χ3n) is 2.27. The summed E-state index contributed by atoms with van der Waals surface area (Å²) in [6.45, 7) is 10.3. The van der Waals surface area contributed by atoms with Crippen LogP contribution in [-0.2, 0) is 0 Å². The number of unbranched alkanes of at least 4 members (excludes halogenated alkanes) is 1. The van der Waals surface area contributed by atoms with Gasteiger partial charge >= 0.3 is 0 Å². The highest BCUT2D eigenvalue weighted by Crippen LogP contribution is 2.04. The molecule has 0 radical (unpaired) electrons. The van der Waals surface area contributed by atoms with E-state index in [4.69, 9.17) is 5.73 Å². The van der Waals surface area contributed by atoms with Crippen LogP contribution in [0.4, 0.5) is 0 Å². The highest BCUT2D eigenvalue weighted by molar-refractivity contribution is 4.70. The first-order valence-corrected chi connectivity index (χ1v) is 5.61. The standard InChI is InChI=1S/C12H26N2/c1-5-6-7-8-14(4)10-12(13)9-11(2)3/h5,11-12H,1,6-10,13H2,2-4H3. The van der Waals surface area contributed by atoms with Gasteiger partial charge in [0.1, 0.15) is 0 Å². The minimum atomic E-state index is 0.323. The predicted molar refractivity (Wildman–Crippen MR) is 64.4 cm³/mol. The molecule has 84 valence electrons. The largest absolute Gasteiger partial charge is 0.327 e. The zero-order valence-corrected chi connectivity index (χ0v) is 10.00. The maximum absolute atomic E-state index is 6.02. The molecule has 0 amide bonds. The summed E-state index contributed by atoms with van der Waals surface area (Å²) in [5.74, 6) is 0.701. The molecule has 0 aliphatic carbocycles. The Bertz CT molecular complexity index is 143. The number of hydrogen-bond donors (Lipinski definition) is 1. The molecule has 2 N–H and O–H groups in total. The van der Waals surface area contributed by atoms with E-state index in [1.807, 2.05) is 6.08 Å². The molecule has 0 aromatic rings. The second kappa shape index (κ2) is 8.01. The second-order valence-electron chi connectivity index (χ2n) is 4.58. The maximum atomic E-state index is 6.02. The molecule has 0 heterocycles. The number of hydrogen-bond acceptors (Lipinski definition) is 2. The number of nitrogens with two attached hydrogens (primary N) is 1. The normalized spacial score (nSPS) is 13.6. The molecule has 0 bridgehead atoms. The van der Waals surface area contributed by atoms with Crippen LogP contribution < -0.4 is 5.73 Å². The summed E-state index contributed by atoms with van der Waals surface area (Å²) in [5, 5.41) is 0. The first-order chi connectivity index (χ1) is 6.56. The fourth-order valence-corrected chi connectivity index (χ4v) is 1.68. The van der Waals surface area contributed by atoms with Crippen LogP contribution in [0.15, 0.2) is 12.7 Å². The summed E-state index contributed by atoms with van der Waals surface area (Å²) in [6, 6.07) is 0.323. The second-order valence-corrected chi connectivity index (χ2v) is 4.58. The molecule has 0 fully saturated rings. The van der Waals surface area contributed by atoms with E-state index in [-0.39, 0.29) is 0 Å². The van der Waals surface area contributed by atoms with E-state index in [2.05, 4.69) is 32.4 Å². The lowest BCUT2D eigenvalue weighted by atomic mass is 10.0. The lowest BCUT2D eigenvalue weighted by molar-refractivity contribution is 0.291. The van der Waals surface area contributed by atoms with E-state index in [0.29, 0.717) is 12.0 Å². The molecule has 0 saturated carbocycles. The van der Waals surface area contributed by atoms with Crippen LogP contribution in [0.1, 0.15) is 33.1 Å². The SMILES string of the molecule is C=CCCCN(C)CC(N)CC(C)C. The van der Waals surface area contributed by atoms with Gasteiger partial charge in [-0.25, -0.2) is 0 Å². The van der Waals surface area contributed by atoms with Crippen molar-refractivity contribution in [3.05, 3.63) is 12.7 Å². The number of allylic oxidation sites excluding steroid dienone is 1. The Morgan fingerprint density at radius 1 is 1.43 bits per heavy atom. The highest BCUT2D eigenvalue weighted by Gasteiger charge is 2.07. The van der Waals surface area contributed by atoms with Gasteiger partial charge in [-0.15, -0.1) is 6.58 Å². The molecule has 0 rings (SSSR count). The lowest BCUT2D eigenvalue weighted by Gasteiger charge is -2.22. The Labute approximate surface area is 89.2 Å². The molecule has 14 heavy (non-hydrogen) atoms. The Hall–Kier alpha value is -0.340. The molecule has 1 atom stereocenters. The van der Waals surface area contributed by atoms with E-state index in [1.165, 1.54) is 6.42 Å². The van der Waals surface area contributed by atoms with Crippen molar-refractivity contribution in [1.82, 2.24) is 4.90 Å². The molecule has 0 aromatic heterocycles. The molecular formula is C12H26N2. The molecular weight excluding hydrogens is 172 g/mol. The monoisotopic (exact) mass is 198 g/mol. The Morgan fingerprint density at radius 2 is 2.07 bits per heavy atom. The zero-order valence-electron chi connectivity index (χ0n) is 10.00. The molecule has 0 aliphatic heterocycles. The van der Waals surface area contributed by atoms with Crippen LogP contribution in [0.25, 0.3) is 0 Å². The van der Waals surface area contributed by atoms with Crippen LogP contribution in [0, 0.1) is 5.92 Å². The Kier molecular flexibility index (Phi) is 7.81. The van der Waals surface area contributed by atoms with Crippen molar-refractivity contribution in [2.24, 2.45) is 11.7 Å². The molecule has 0 spiro atoms. The van der Waals surface area contributed by atoms with Crippen LogP contribution in [0.2, 0.25) is 0 Å². The summed E-state index contributed by atoms with van der Waals surface area (Å²) in [4.78, 5) is 2.32. The van der Waals surface area contributed by atoms with E-state index < -0.39 is 0 Å². The highest BCUT2D eigenvalue weighted by atomic mass is 15.1. The van der Waals surface area contributed by atoms with E-state index in [0.717, 1.165) is 25.9 Å². The van der Waals surface area contributed by atoms with Gasteiger partial charge in [-0.1, -0.05) is 19.9 Å². The van der Waals surface area contributed by atoms with Crippen molar-refractivity contribution in [2.45, 2.75) is 39.2 Å². The average molecular weight is 198 g/mol. The quantitative estimate of drug-likeness (QED) is 0.479. The average Bonchev–Trinajstić information content (AvgIpc) is 2.02. The minimum Gasteiger partial charge on any atom is -0.327 e. The summed E-state index contributed by atoms with van der Waals surface area (Å²) < 4.78 is 0. The van der Waals surface area contributed by atoms with Gasteiger partial charge in [0.25, 0.3) is 0 Å². The molecule has 0 aromatic carbocycles. The van der Waals surface area contributed by atoms with Crippen molar-refractivity contribution >= 4 is 0 Å². The van der Waals surface area contributed by atoms with Gasteiger partial charge < -0.3 is 10.6 Å². The van der Waals surface area contributed by atoms with Crippen molar-refractivity contribution in [3.8, 4) is 0 Å². The Morgan fingerprint density at radius 3 is 2.57 bits per heavy atom. The Balaban J connectivity index is 3.49. The number of nitrogens with zero attached hydrogens (tertiary/aromatic N) is 1.